The highest BCUT2D eigenvalue weighted by Gasteiger charge is 2.27. The molecule has 0 radical (unpaired) electrons. The van der Waals surface area contributed by atoms with E-state index in [0.717, 1.165) is 12.1 Å². The maximum atomic E-state index is 11.1. The van der Waals surface area contributed by atoms with Gasteiger partial charge in [-0.15, -0.1) is 0 Å². The molecule has 20 heavy (non-hydrogen) atoms. The molecule has 4 heteroatoms. The van der Waals surface area contributed by atoms with E-state index in [4.69, 9.17) is 10.8 Å². The Morgan fingerprint density at radius 3 is 2.70 bits per heavy atom. The average molecular weight is 276 g/mol. The second-order valence-corrected chi connectivity index (χ2v) is 6.05. The molecule has 0 heterocycles. The number of hydrogen-bond acceptors (Lipinski definition) is 3. The van der Waals surface area contributed by atoms with Crippen LogP contribution in [0.25, 0.3) is 0 Å². The van der Waals surface area contributed by atoms with Crippen molar-refractivity contribution < 1.29 is 9.90 Å². The summed E-state index contributed by atoms with van der Waals surface area (Å²) in [6, 6.07) is 5.24. The standard InChI is InChI=1S/C16H24N2O2/c1-10(2)12-5-3-4-6-14(12)18-15-9-11(16(19)20)7-8-13(15)17/h7-10,12,14,18H,3-6,17H2,1-2H3,(H,19,20). The number of nitrogens with one attached hydrogen (secondary N) is 1. The Kier molecular flexibility index (Phi) is 4.53. The number of hydrogen-bond donors (Lipinski definition) is 3. The lowest BCUT2D eigenvalue weighted by molar-refractivity contribution is 0.0697. The number of nitrogen functional groups attached to an aromatic ring is 1. The second-order valence-electron chi connectivity index (χ2n) is 6.05. The van der Waals surface area contributed by atoms with Gasteiger partial charge in [-0.05, 0) is 42.9 Å². The number of carboxylic acid groups (broad SMARTS) is 1. The summed E-state index contributed by atoms with van der Waals surface area (Å²) in [5, 5.41) is 12.6. The van der Waals surface area contributed by atoms with Crippen molar-refractivity contribution in [1.29, 1.82) is 0 Å². The molecule has 4 N–H and O–H groups in total. The van der Waals surface area contributed by atoms with Gasteiger partial charge < -0.3 is 16.2 Å². The van der Waals surface area contributed by atoms with Gasteiger partial charge >= 0.3 is 5.97 Å². The van der Waals surface area contributed by atoms with Crippen LogP contribution in [-0.2, 0) is 0 Å². The van der Waals surface area contributed by atoms with Gasteiger partial charge in [0, 0.05) is 6.04 Å². The fourth-order valence-electron chi connectivity index (χ4n) is 3.15. The Hall–Kier alpha value is -1.71. The first-order valence-electron chi connectivity index (χ1n) is 7.38. The summed E-state index contributed by atoms with van der Waals surface area (Å²) >= 11 is 0. The highest BCUT2D eigenvalue weighted by Crippen LogP contribution is 2.33. The maximum Gasteiger partial charge on any atom is 0.335 e. The number of nitrogens with two attached hydrogens (primary N) is 1. The third-order valence-electron chi connectivity index (χ3n) is 4.32. The van der Waals surface area contributed by atoms with Crippen molar-refractivity contribution in [2.75, 3.05) is 11.1 Å². The van der Waals surface area contributed by atoms with E-state index >= 15 is 0 Å². The van der Waals surface area contributed by atoms with Gasteiger partial charge in [-0.2, -0.15) is 0 Å². The highest BCUT2D eigenvalue weighted by atomic mass is 16.4. The smallest absolute Gasteiger partial charge is 0.335 e. The van der Waals surface area contributed by atoms with E-state index in [-0.39, 0.29) is 5.56 Å². The van der Waals surface area contributed by atoms with Crippen LogP contribution in [0, 0.1) is 11.8 Å². The molecule has 110 valence electrons. The lowest BCUT2D eigenvalue weighted by Gasteiger charge is -2.35. The fraction of sp³-hybridized carbons (Fsp3) is 0.562. The first kappa shape index (κ1) is 14.7. The SMILES string of the molecule is CC(C)C1CCCCC1Nc1cc(C(=O)O)ccc1N. The first-order chi connectivity index (χ1) is 9.49. The minimum Gasteiger partial charge on any atom is -0.478 e. The number of aromatic carboxylic acids is 1. The second kappa shape index (κ2) is 6.16. The molecule has 0 saturated heterocycles. The molecule has 2 rings (SSSR count). The number of rotatable bonds is 4. The van der Waals surface area contributed by atoms with Gasteiger partial charge in [-0.25, -0.2) is 4.79 Å². The van der Waals surface area contributed by atoms with Crippen LogP contribution >= 0.6 is 0 Å². The quantitative estimate of drug-likeness (QED) is 0.734. The van der Waals surface area contributed by atoms with Crippen LogP contribution in [0.1, 0.15) is 49.9 Å². The van der Waals surface area contributed by atoms with E-state index in [9.17, 15) is 4.79 Å². The normalized spacial score (nSPS) is 22.8. The Balaban J connectivity index is 2.19. The predicted molar refractivity (Wildman–Crippen MR) is 82.0 cm³/mol. The zero-order chi connectivity index (χ0) is 14.7. The van der Waals surface area contributed by atoms with Crippen LogP contribution in [0.2, 0.25) is 0 Å². The molecule has 0 aliphatic heterocycles. The molecule has 0 spiro atoms. The Bertz CT molecular complexity index is 485. The predicted octanol–water partition coefficient (Wildman–Crippen LogP) is 3.59. The van der Waals surface area contributed by atoms with Crippen molar-refractivity contribution in [3.8, 4) is 0 Å². The van der Waals surface area contributed by atoms with Gasteiger partial charge in [0.2, 0.25) is 0 Å². The average Bonchev–Trinajstić information content (AvgIpc) is 2.41. The summed E-state index contributed by atoms with van der Waals surface area (Å²) in [6.45, 7) is 4.50. The Labute approximate surface area is 120 Å². The molecule has 1 fully saturated rings. The van der Waals surface area contributed by atoms with Crippen LogP contribution in [0.5, 0.6) is 0 Å². The summed E-state index contributed by atoms with van der Waals surface area (Å²) in [7, 11) is 0. The number of benzene rings is 1. The molecule has 1 saturated carbocycles. The summed E-state index contributed by atoms with van der Waals surface area (Å²) in [6.07, 6.45) is 4.86. The number of carbonyl (C=O) groups is 1. The van der Waals surface area contributed by atoms with Crippen molar-refractivity contribution in [3.63, 3.8) is 0 Å². The molecule has 1 aromatic carbocycles. The molecule has 1 aliphatic rings. The van der Waals surface area contributed by atoms with Gasteiger partial charge in [-0.3, -0.25) is 0 Å². The largest absolute Gasteiger partial charge is 0.478 e. The van der Waals surface area contributed by atoms with Crippen molar-refractivity contribution >= 4 is 17.3 Å². The van der Waals surface area contributed by atoms with Crippen LogP contribution in [0.15, 0.2) is 18.2 Å². The van der Waals surface area contributed by atoms with Gasteiger partial charge in [-0.1, -0.05) is 26.7 Å². The zero-order valence-electron chi connectivity index (χ0n) is 12.2. The lowest BCUT2D eigenvalue weighted by atomic mass is 9.77. The summed E-state index contributed by atoms with van der Waals surface area (Å²) in [4.78, 5) is 11.1. The van der Waals surface area contributed by atoms with Crippen LogP contribution in [0.3, 0.4) is 0 Å². The van der Waals surface area contributed by atoms with Crippen molar-refractivity contribution in [1.82, 2.24) is 0 Å². The number of carboxylic acids is 1. The lowest BCUT2D eigenvalue weighted by Crippen LogP contribution is -2.35. The maximum absolute atomic E-state index is 11.1. The van der Waals surface area contributed by atoms with Gasteiger partial charge in [0.1, 0.15) is 0 Å². The summed E-state index contributed by atoms with van der Waals surface area (Å²) in [5.74, 6) is 0.324. The van der Waals surface area contributed by atoms with Crippen molar-refractivity contribution in [2.24, 2.45) is 11.8 Å². The van der Waals surface area contributed by atoms with Gasteiger partial charge in [0.15, 0.2) is 0 Å². The van der Waals surface area contributed by atoms with Gasteiger partial charge in [0.05, 0.1) is 16.9 Å². The molecule has 2 atom stereocenters. The van der Waals surface area contributed by atoms with E-state index in [2.05, 4.69) is 19.2 Å². The Morgan fingerprint density at radius 2 is 2.05 bits per heavy atom. The molecule has 0 bridgehead atoms. The van der Waals surface area contributed by atoms with Gasteiger partial charge in [0.25, 0.3) is 0 Å². The van der Waals surface area contributed by atoms with Crippen molar-refractivity contribution in [3.05, 3.63) is 23.8 Å². The Morgan fingerprint density at radius 1 is 1.35 bits per heavy atom. The fourth-order valence-corrected chi connectivity index (χ4v) is 3.15. The topological polar surface area (TPSA) is 75.3 Å². The molecule has 0 aromatic heterocycles. The summed E-state index contributed by atoms with van der Waals surface area (Å²) < 4.78 is 0. The monoisotopic (exact) mass is 276 g/mol. The molecule has 4 nitrogen and oxygen atoms in total. The van der Waals surface area contributed by atoms with Crippen LogP contribution < -0.4 is 11.1 Å². The van der Waals surface area contributed by atoms with Crippen LogP contribution in [0.4, 0.5) is 11.4 Å². The summed E-state index contributed by atoms with van der Waals surface area (Å²) in [5.41, 5.74) is 7.62. The van der Waals surface area contributed by atoms with E-state index in [1.165, 1.54) is 19.3 Å². The number of anilines is 2. The molecular formula is C16H24N2O2. The van der Waals surface area contributed by atoms with E-state index in [1.54, 1.807) is 18.2 Å². The van der Waals surface area contributed by atoms with E-state index < -0.39 is 5.97 Å². The minimum absolute atomic E-state index is 0.276. The van der Waals surface area contributed by atoms with Crippen molar-refractivity contribution in [2.45, 2.75) is 45.6 Å². The third-order valence-corrected chi connectivity index (χ3v) is 4.32. The molecule has 1 aliphatic carbocycles. The van der Waals surface area contributed by atoms with Crippen LogP contribution in [-0.4, -0.2) is 17.1 Å². The highest BCUT2D eigenvalue weighted by molar-refractivity contribution is 5.90. The van der Waals surface area contributed by atoms with E-state index in [0.29, 0.717) is 23.6 Å². The molecular weight excluding hydrogens is 252 g/mol. The minimum atomic E-state index is -0.919. The molecule has 2 unspecified atom stereocenters. The first-order valence-corrected chi connectivity index (χ1v) is 7.38. The van der Waals surface area contributed by atoms with E-state index in [1.807, 2.05) is 0 Å². The third kappa shape index (κ3) is 3.24. The molecule has 0 amide bonds. The zero-order valence-corrected chi connectivity index (χ0v) is 12.2. The molecule has 1 aromatic rings.